The van der Waals surface area contributed by atoms with Crippen LogP contribution in [0.2, 0.25) is 5.02 Å². The van der Waals surface area contributed by atoms with Gasteiger partial charge in [-0.3, -0.25) is 10.2 Å². The summed E-state index contributed by atoms with van der Waals surface area (Å²) in [7, 11) is 0. The Morgan fingerprint density at radius 2 is 2.10 bits per heavy atom. The van der Waals surface area contributed by atoms with Crippen molar-refractivity contribution in [3.63, 3.8) is 0 Å². The van der Waals surface area contributed by atoms with E-state index < -0.39 is 0 Å². The Kier molecular flexibility index (Phi) is 6.82. The lowest BCUT2D eigenvalue weighted by Crippen LogP contribution is -2.29. The summed E-state index contributed by atoms with van der Waals surface area (Å²) < 4.78 is 5.78. The van der Waals surface area contributed by atoms with E-state index >= 15 is 0 Å². The molecular formula is C15H23ClN2O2. The van der Waals surface area contributed by atoms with Crippen molar-refractivity contribution in [1.29, 1.82) is 0 Å². The fraction of sp³-hybridized carbons (Fsp3) is 0.533. The first-order valence-electron chi connectivity index (χ1n) is 6.88. The molecule has 20 heavy (non-hydrogen) atoms. The van der Waals surface area contributed by atoms with E-state index in [-0.39, 0.29) is 5.91 Å². The topological polar surface area (TPSA) is 64.3 Å². The molecule has 0 aliphatic heterocycles. The number of unbranched alkanes of at least 4 members (excludes halogenated alkanes) is 1. The average Bonchev–Trinajstić information content (AvgIpc) is 2.39. The van der Waals surface area contributed by atoms with Crippen LogP contribution in [0.5, 0.6) is 5.75 Å². The van der Waals surface area contributed by atoms with Gasteiger partial charge in [-0.05, 0) is 48.9 Å². The average molecular weight is 299 g/mol. The van der Waals surface area contributed by atoms with Crippen molar-refractivity contribution < 1.29 is 9.53 Å². The van der Waals surface area contributed by atoms with Gasteiger partial charge in [0.2, 0.25) is 5.91 Å². The molecule has 0 atom stereocenters. The fourth-order valence-corrected chi connectivity index (χ4v) is 2.34. The Morgan fingerprint density at radius 3 is 2.70 bits per heavy atom. The number of nitrogens with two attached hydrogens (primary N) is 1. The lowest BCUT2D eigenvalue weighted by molar-refractivity contribution is -0.121. The third-order valence-corrected chi connectivity index (χ3v) is 3.46. The number of benzene rings is 1. The predicted molar refractivity (Wildman–Crippen MR) is 82.0 cm³/mol. The molecule has 0 unspecified atom stereocenters. The first-order valence-corrected chi connectivity index (χ1v) is 7.25. The number of nitrogens with one attached hydrogen (secondary N) is 1. The second-order valence-electron chi connectivity index (χ2n) is 5.17. The lowest BCUT2D eigenvalue weighted by Gasteiger charge is -2.14. The zero-order valence-corrected chi connectivity index (χ0v) is 13.1. The summed E-state index contributed by atoms with van der Waals surface area (Å²) in [5, 5.41) is 0.782. The molecule has 0 saturated heterocycles. The van der Waals surface area contributed by atoms with Crippen LogP contribution < -0.4 is 16.0 Å². The van der Waals surface area contributed by atoms with E-state index in [1.807, 2.05) is 19.1 Å². The molecule has 0 saturated carbocycles. The number of hydrogen-bond donors (Lipinski definition) is 2. The van der Waals surface area contributed by atoms with Crippen molar-refractivity contribution in [3.05, 3.63) is 28.3 Å². The Bertz CT molecular complexity index is 461. The van der Waals surface area contributed by atoms with Crippen LogP contribution in [0.1, 0.15) is 50.2 Å². The van der Waals surface area contributed by atoms with Gasteiger partial charge >= 0.3 is 0 Å². The number of carbonyl (C=O) groups is 1. The second kappa shape index (κ2) is 8.12. The van der Waals surface area contributed by atoms with E-state index in [4.69, 9.17) is 22.2 Å². The van der Waals surface area contributed by atoms with Crippen molar-refractivity contribution in [1.82, 2.24) is 5.43 Å². The van der Waals surface area contributed by atoms with Gasteiger partial charge in [0.1, 0.15) is 5.75 Å². The summed E-state index contributed by atoms with van der Waals surface area (Å²) in [5.74, 6) is 6.09. The number of carbonyl (C=O) groups excluding carboxylic acids is 1. The van der Waals surface area contributed by atoms with Gasteiger partial charge in [-0.2, -0.15) is 0 Å². The second-order valence-corrected chi connectivity index (χ2v) is 5.57. The number of amides is 1. The van der Waals surface area contributed by atoms with Gasteiger partial charge in [-0.25, -0.2) is 5.84 Å². The third kappa shape index (κ3) is 5.02. The summed E-state index contributed by atoms with van der Waals surface area (Å²) in [6.07, 6.45) is 2.00. The molecule has 0 fully saturated rings. The Balaban J connectivity index is 2.51. The van der Waals surface area contributed by atoms with Crippen LogP contribution >= 0.6 is 11.6 Å². The van der Waals surface area contributed by atoms with Gasteiger partial charge in [0.05, 0.1) is 6.61 Å². The molecule has 0 radical (unpaired) electrons. The number of hydrogen-bond acceptors (Lipinski definition) is 3. The zero-order valence-electron chi connectivity index (χ0n) is 12.3. The van der Waals surface area contributed by atoms with Crippen molar-refractivity contribution >= 4 is 17.5 Å². The number of aryl methyl sites for hydroxylation is 1. The molecule has 0 bridgehead atoms. The Morgan fingerprint density at radius 1 is 1.40 bits per heavy atom. The normalized spacial score (nSPS) is 10.7. The van der Waals surface area contributed by atoms with Crippen LogP contribution in [0, 0.1) is 6.92 Å². The predicted octanol–water partition coefficient (Wildman–Crippen LogP) is 3.31. The highest BCUT2D eigenvalue weighted by Crippen LogP contribution is 2.31. The maximum absolute atomic E-state index is 11.0. The smallest absolute Gasteiger partial charge is 0.233 e. The maximum atomic E-state index is 11.0. The summed E-state index contributed by atoms with van der Waals surface area (Å²) in [4.78, 5) is 11.0. The van der Waals surface area contributed by atoms with E-state index in [1.54, 1.807) is 0 Å². The van der Waals surface area contributed by atoms with Gasteiger partial charge in [0.25, 0.3) is 0 Å². The van der Waals surface area contributed by atoms with Gasteiger partial charge in [0, 0.05) is 11.4 Å². The van der Waals surface area contributed by atoms with Crippen LogP contribution in [-0.4, -0.2) is 12.5 Å². The Labute approximate surface area is 125 Å². The van der Waals surface area contributed by atoms with E-state index in [2.05, 4.69) is 19.3 Å². The number of ether oxygens (including phenoxy) is 1. The monoisotopic (exact) mass is 298 g/mol. The lowest BCUT2D eigenvalue weighted by atomic mass is 10.0. The van der Waals surface area contributed by atoms with Gasteiger partial charge in [-0.15, -0.1) is 0 Å². The molecule has 0 heterocycles. The first kappa shape index (κ1) is 16.8. The maximum Gasteiger partial charge on any atom is 0.233 e. The molecule has 1 aromatic carbocycles. The molecule has 112 valence electrons. The molecule has 4 nitrogen and oxygen atoms in total. The van der Waals surface area contributed by atoms with E-state index in [1.165, 1.54) is 0 Å². The highest BCUT2D eigenvalue weighted by molar-refractivity contribution is 6.31. The summed E-state index contributed by atoms with van der Waals surface area (Å²) in [5.41, 5.74) is 4.23. The molecule has 3 N–H and O–H groups in total. The highest BCUT2D eigenvalue weighted by atomic mass is 35.5. The first-order chi connectivity index (χ1) is 9.45. The van der Waals surface area contributed by atoms with Crippen molar-refractivity contribution in [2.75, 3.05) is 6.61 Å². The van der Waals surface area contributed by atoms with Crippen molar-refractivity contribution in [2.24, 2.45) is 5.84 Å². The minimum atomic E-state index is -0.144. The largest absolute Gasteiger partial charge is 0.493 e. The minimum absolute atomic E-state index is 0.144. The van der Waals surface area contributed by atoms with Gasteiger partial charge in [0.15, 0.2) is 0 Å². The van der Waals surface area contributed by atoms with E-state index in [0.29, 0.717) is 18.9 Å². The molecule has 1 rings (SSSR count). The standard InChI is InChI=1S/C15H23ClN2O2/c1-10(2)12-9-14(11(3)8-13(12)16)20-7-5-4-6-15(19)18-17/h8-10H,4-7,17H2,1-3H3,(H,18,19). The quantitative estimate of drug-likeness (QED) is 0.351. The van der Waals surface area contributed by atoms with Crippen LogP contribution in [0.25, 0.3) is 0 Å². The van der Waals surface area contributed by atoms with Crippen LogP contribution in [0.4, 0.5) is 0 Å². The zero-order chi connectivity index (χ0) is 15.1. The van der Waals surface area contributed by atoms with Crippen molar-refractivity contribution in [3.8, 4) is 5.75 Å². The molecule has 0 spiro atoms. The van der Waals surface area contributed by atoms with Crippen LogP contribution in [-0.2, 0) is 4.79 Å². The van der Waals surface area contributed by atoms with Crippen molar-refractivity contribution in [2.45, 2.75) is 46.0 Å². The molecule has 1 amide bonds. The summed E-state index contributed by atoms with van der Waals surface area (Å²) >= 11 is 6.22. The van der Waals surface area contributed by atoms with Gasteiger partial charge in [-0.1, -0.05) is 25.4 Å². The van der Waals surface area contributed by atoms with Gasteiger partial charge < -0.3 is 4.74 Å². The Hall–Kier alpha value is -1.26. The van der Waals surface area contributed by atoms with E-state index in [0.717, 1.165) is 34.7 Å². The van der Waals surface area contributed by atoms with Crippen LogP contribution in [0.3, 0.4) is 0 Å². The highest BCUT2D eigenvalue weighted by Gasteiger charge is 2.10. The third-order valence-electron chi connectivity index (χ3n) is 3.13. The number of halogens is 1. The molecule has 1 aromatic rings. The molecular weight excluding hydrogens is 276 g/mol. The summed E-state index contributed by atoms with van der Waals surface area (Å²) in [6, 6.07) is 3.95. The molecule has 5 heteroatoms. The molecule has 0 aliphatic rings. The molecule has 0 aliphatic carbocycles. The van der Waals surface area contributed by atoms with Crippen LogP contribution in [0.15, 0.2) is 12.1 Å². The fourth-order valence-electron chi connectivity index (χ4n) is 1.91. The SMILES string of the molecule is Cc1cc(Cl)c(C(C)C)cc1OCCCCC(=O)NN. The minimum Gasteiger partial charge on any atom is -0.493 e. The summed E-state index contributed by atoms with van der Waals surface area (Å²) in [6.45, 7) is 6.77. The molecule has 0 aromatic heterocycles. The number of rotatable bonds is 7. The number of hydrazine groups is 1. The van der Waals surface area contributed by atoms with E-state index in [9.17, 15) is 4.79 Å².